The van der Waals surface area contributed by atoms with Crippen LogP contribution >= 0.6 is 69.6 Å². The van der Waals surface area contributed by atoms with Crippen molar-refractivity contribution >= 4 is 138 Å². The molecule has 29 heteroatoms. The van der Waals surface area contributed by atoms with Crippen LogP contribution in [-0.2, 0) is 22.6 Å². The molecular formula is C78H63Cl6F3N12O7S. The number of carbonyl (C=O) groups excluding carboxylic acids is 4. The number of aliphatic hydroxyl groups is 1. The van der Waals surface area contributed by atoms with Gasteiger partial charge in [-0.15, -0.1) is 0 Å². The summed E-state index contributed by atoms with van der Waals surface area (Å²) in [6.07, 6.45) is 5.58. The fourth-order valence-electron chi connectivity index (χ4n) is 9.89. The number of carbonyl (C=O) groups is 4. The summed E-state index contributed by atoms with van der Waals surface area (Å²) in [4.78, 5) is 74.7. The number of rotatable bonds is 18. The number of benzene rings is 6. The van der Waals surface area contributed by atoms with Gasteiger partial charge in [0.2, 0.25) is 10.0 Å². The number of hydrogen-bond donors (Lipinski definition) is 7. The first kappa shape index (κ1) is 80.2. The summed E-state index contributed by atoms with van der Waals surface area (Å²) < 4.78 is 63.1. The molecule has 7 N–H and O–H groups in total. The average molecular weight is 1580 g/mol. The maximum atomic E-state index is 12.7. The number of anilines is 6. The minimum Gasteiger partial charge on any atom is -0.395 e. The van der Waals surface area contributed by atoms with E-state index in [4.69, 9.17) is 74.7 Å². The highest BCUT2D eigenvalue weighted by Gasteiger charge is 2.33. The molecular weight excluding hydrogens is 1520 g/mol. The first-order chi connectivity index (χ1) is 51.1. The van der Waals surface area contributed by atoms with Crippen molar-refractivity contribution in [2.24, 2.45) is 0 Å². The van der Waals surface area contributed by atoms with Crippen LogP contribution in [0.15, 0.2) is 231 Å². The van der Waals surface area contributed by atoms with Crippen molar-refractivity contribution in [3.63, 3.8) is 0 Å². The lowest BCUT2D eigenvalue weighted by Gasteiger charge is -2.12. The summed E-state index contributed by atoms with van der Waals surface area (Å²) in [5.74, 6) is -1.10. The van der Waals surface area contributed by atoms with Gasteiger partial charge in [0.15, 0.2) is 0 Å². The Labute approximate surface area is 644 Å². The number of sulfonamides is 1. The third-order valence-corrected chi connectivity index (χ3v) is 17.7. The lowest BCUT2D eigenvalue weighted by Crippen LogP contribution is -2.16. The molecule has 0 bridgehead atoms. The third-order valence-electron chi connectivity index (χ3n) is 15.2. The predicted molar refractivity (Wildman–Crippen MR) is 420 cm³/mol. The lowest BCUT2D eigenvalue weighted by atomic mass is 10.1. The van der Waals surface area contributed by atoms with Gasteiger partial charge in [-0.2, -0.15) is 13.2 Å². The van der Waals surface area contributed by atoms with Gasteiger partial charge < -0.3 is 31.7 Å². The monoisotopic (exact) mass is 1580 g/mol. The van der Waals surface area contributed by atoms with Crippen LogP contribution in [-0.4, -0.2) is 86.5 Å². The molecule has 6 heterocycles. The molecule has 6 aromatic carbocycles. The third kappa shape index (κ3) is 23.1. The van der Waals surface area contributed by atoms with Gasteiger partial charge in [0.25, 0.3) is 23.6 Å². The largest absolute Gasteiger partial charge is 0.433 e. The first-order valence-corrected chi connectivity index (χ1v) is 36.3. The molecule has 0 aliphatic rings. The number of amides is 4. The van der Waals surface area contributed by atoms with E-state index in [1.54, 1.807) is 97.6 Å². The quantitative estimate of drug-likeness (QED) is 0.0421. The van der Waals surface area contributed by atoms with Crippen molar-refractivity contribution in [1.82, 2.24) is 29.9 Å². The number of pyridine rings is 6. The molecule has 12 aromatic rings. The van der Waals surface area contributed by atoms with Crippen molar-refractivity contribution < 1.29 is 45.9 Å². The van der Waals surface area contributed by atoms with Gasteiger partial charge in [-0.25, -0.2) is 18.4 Å². The number of nitrogens with one attached hydrogen (secondary N) is 6. The van der Waals surface area contributed by atoms with Crippen LogP contribution in [0.3, 0.4) is 0 Å². The molecule has 0 saturated carbocycles. The van der Waals surface area contributed by atoms with E-state index in [-0.39, 0.29) is 46.0 Å². The van der Waals surface area contributed by atoms with Crippen molar-refractivity contribution in [3.05, 3.63) is 306 Å². The Morgan fingerprint density at radius 1 is 0.449 bits per heavy atom. The van der Waals surface area contributed by atoms with Gasteiger partial charge >= 0.3 is 6.18 Å². The number of hydrogen-bond acceptors (Lipinski definition) is 14. The molecule has 0 spiro atoms. The van der Waals surface area contributed by atoms with Gasteiger partial charge in [0.1, 0.15) is 11.5 Å². The zero-order valence-electron chi connectivity index (χ0n) is 57.0. The Morgan fingerprint density at radius 2 is 0.888 bits per heavy atom. The Hall–Kier alpha value is -10.9. The van der Waals surface area contributed by atoms with E-state index in [0.29, 0.717) is 99.6 Å². The number of aromatic nitrogens is 6. The van der Waals surface area contributed by atoms with E-state index >= 15 is 0 Å². The molecule has 0 saturated heterocycles. The minimum atomic E-state index is -4.56. The summed E-state index contributed by atoms with van der Waals surface area (Å²) in [6, 6.07) is 56.1. The van der Waals surface area contributed by atoms with Gasteiger partial charge in [0, 0.05) is 93.8 Å². The first-order valence-electron chi connectivity index (χ1n) is 32.2. The van der Waals surface area contributed by atoms with Gasteiger partial charge in [-0.1, -0.05) is 113 Å². The number of halogens is 9. The molecule has 107 heavy (non-hydrogen) atoms. The topological polar surface area (TPSA) is 272 Å². The maximum absolute atomic E-state index is 12.7. The Morgan fingerprint density at radius 3 is 1.28 bits per heavy atom. The van der Waals surface area contributed by atoms with E-state index in [1.165, 1.54) is 42.9 Å². The summed E-state index contributed by atoms with van der Waals surface area (Å²) in [6.45, 7) is 5.62. The number of aryl methyl sites for hydroxylation is 3. The second kappa shape index (κ2) is 37.4. The summed E-state index contributed by atoms with van der Waals surface area (Å²) >= 11 is 37.3. The standard InChI is InChI=1S/C20H15ClF3N3O.C20H17ClN2O.C19H16Cl2N4O2.C19H15Cl2N3O3S/c1-11-3-7-17(25-10-11)15-9-13(4-6-16(15)21)27-19(28)14-5-8-18(20(22,23)24)26-12(14)2;1-2-14-6-8-15(9-7-14)20(24)23-16-10-11-18(21)17(13-16)19-5-3-4-12-22-19;20-15-5-4-13(10-14(15)17-3-1-2-6-22-17)25-19(27)12-9-16(21)18(24-11-12)23-7-8-26;1-28(26,27)24-13-5-7-14(17(21)11-13)19(25)23-12-6-8-16(20)15(10-12)18-4-2-3-9-22-18/h3-10H,1-2H3,(H,27,28);3-13H,2H2,1H3,(H,23,24);1-6,9-11,26H,7-8H2,(H,23,24)(H,25,27);2-11,24H,1H3,(H,23,25). The summed E-state index contributed by atoms with van der Waals surface area (Å²) in [7, 11) is -3.44. The Bertz CT molecular complexity index is 5280. The second-order valence-corrected chi connectivity index (χ2v) is 27.3. The smallest absolute Gasteiger partial charge is 0.395 e. The minimum absolute atomic E-state index is 0.0123. The van der Waals surface area contributed by atoms with Gasteiger partial charge in [-0.05, 0) is 195 Å². The molecule has 0 unspecified atom stereocenters. The average Bonchev–Trinajstić information content (AvgIpc) is 0.830. The van der Waals surface area contributed by atoms with E-state index in [0.717, 1.165) is 47.2 Å². The van der Waals surface area contributed by atoms with Crippen LogP contribution in [0.25, 0.3) is 45.0 Å². The maximum Gasteiger partial charge on any atom is 0.433 e. The van der Waals surface area contributed by atoms with Crippen LogP contribution in [0.5, 0.6) is 0 Å². The normalized spacial score (nSPS) is 10.9. The number of nitrogens with zero attached hydrogens (tertiary/aromatic N) is 6. The van der Waals surface area contributed by atoms with Crippen molar-refractivity contribution in [3.8, 4) is 45.0 Å². The Kier molecular flexibility index (Phi) is 28.0. The molecule has 4 amide bonds. The highest BCUT2D eigenvalue weighted by Crippen LogP contribution is 2.35. The van der Waals surface area contributed by atoms with E-state index in [9.17, 15) is 40.8 Å². The van der Waals surface area contributed by atoms with Gasteiger partial charge in [-0.3, -0.25) is 43.8 Å². The zero-order chi connectivity index (χ0) is 77.0. The fourth-order valence-corrected chi connectivity index (χ4v) is 11.8. The Balaban J connectivity index is 0.000000165. The van der Waals surface area contributed by atoms with E-state index in [2.05, 4.69) is 68.1 Å². The van der Waals surface area contributed by atoms with Gasteiger partial charge in [0.05, 0.1) is 88.2 Å². The SMILES string of the molecule is CCc1ccc(C(=O)Nc2ccc(Cl)c(-c3ccccn3)c2)cc1.CS(=O)(=O)Nc1ccc(C(=O)Nc2ccc(Cl)c(-c3ccccn3)c2)c(Cl)c1.Cc1ccc(-c2cc(NC(=O)c3ccc(C(F)(F)F)nc3C)ccc2Cl)nc1.O=C(Nc1ccc(Cl)c(-c2ccccn2)c1)c1cnc(NCCO)c(Cl)c1. The molecule has 0 atom stereocenters. The van der Waals surface area contributed by atoms with Crippen LogP contribution in [0.4, 0.5) is 47.4 Å². The van der Waals surface area contributed by atoms with Crippen LogP contribution in [0.2, 0.25) is 30.1 Å². The summed E-state index contributed by atoms with van der Waals surface area (Å²) in [5.41, 5.74) is 10.4. The number of alkyl halides is 3. The van der Waals surface area contributed by atoms with Crippen LogP contribution < -0.4 is 31.3 Å². The molecule has 0 aliphatic heterocycles. The van der Waals surface area contributed by atoms with E-state index in [1.807, 2.05) is 97.9 Å². The highest BCUT2D eigenvalue weighted by atomic mass is 35.5. The lowest BCUT2D eigenvalue weighted by molar-refractivity contribution is -0.141. The second-order valence-electron chi connectivity index (χ2n) is 23.1. The zero-order valence-corrected chi connectivity index (χ0v) is 62.3. The number of aliphatic hydroxyl groups excluding tert-OH is 1. The van der Waals surface area contributed by atoms with Crippen molar-refractivity contribution in [1.29, 1.82) is 0 Å². The summed E-state index contributed by atoms with van der Waals surface area (Å²) in [5, 5.41) is 25.3. The van der Waals surface area contributed by atoms with E-state index < -0.39 is 33.7 Å². The van der Waals surface area contributed by atoms with Crippen molar-refractivity contribution in [2.45, 2.75) is 33.4 Å². The predicted octanol–water partition coefficient (Wildman–Crippen LogP) is 19.7. The van der Waals surface area contributed by atoms with Crippen molar-refractivity contribution in [2.75, 3.05) is 50.7 Å². The molecule has 0 radical (unpaired) electrons. The molecule has 0 aliphatic carbocycles. The molecule has 546 valence electrons. The fraction of sp³-hybridized carbons (Fsp3) is 0.103. The molecule has 12 rings (SSSR count). The highest BCUT2D eigenvalue weighted by molar-refractivity contribution is 7.92. The molecule has 0 fully saturated rings. The molecule has 19 nitrogen and oxygen atoms in total. The molecule has 6 aromatic heterocycles. The van der Waals surface area contributed by atoms with Crippen LogP contribution in [0.1, 0.15) is 70.9 Å². The van der Waals surface area contributed by atoms with Crippen LogP contribution in [0, 0.1) is 13.8 Å².